The van der Waals surface area contributed by atoms with Gasteiger partial charge in [-0.05, 0) is 126 Å². The Morgan fingerprint density at radius 1 is 0.462 bits per heavy atom. The number of fused-ring (bicyclic) bond motifs is 10. The number of rotatable bonds is 2. The summed E-state index contributed by atoms with van der Waals surface area (Å²) >= 11 is 0. The first kappa shape index (κ1) is 41.7. The summed E-state index contributed by atoms with van der Waals surface area (Å²) in [7, 11) is 0. The van der Waals surface area contributed by atoms with Crippen LogP contribution < -0.4 is 45.5 Å². The highest BCUT2D eigenvalue weighted by atomic mass is 16.5. The molecule has 0 radical (unpaired) electrons. The first-order valence-electron chi connectivity index (χ1n) is 23.5. The predicted molar refractivity (Wildman–Crippen MR) is 266 cm³/mol. The van der Waals surface area contributed by atoms with Gasteiger partial charge >= 0.3 is 6.71 Å². The van der Waals surface area contributed by atoms with Gasteiger partial charge in [0.1, 0.15) is 22.5 Å². The molecule has 0 unspecified atom stereocenters. The molecule has 7 aromatic rings. The minimum atomic E-state index is -0.371. The van der Waals surface area contributed by atoms with Gasteiger partial charge in [-0.3, -0.25) is 0 Å². The Labute approximate surface area is 383 Å². The Balaban J connectivity index is 1.32. The molecule has 0 saturated carbocycles. The zero-order valence-corrected chi connectivity index (χ0v) is 40.4. The molecule has 2 aromatic heterocycles. The number of anilines is 6. The maximum absolute atomic E-state index is 7.36. The Kier molecular flexibility index (Phi) is 9.16. The van der Waals surface area contributed by atoms with Crippen molar-refractivity contribution in [2.75, 3.05) is 36.2 Å². The lowest BCUT2D eigenvalue weighted by Crippen LogP contribution is -2.60. The molecule has 0 atom stereocenters. The molecule has 8 nitrogen and oxygen atoms in total. The normalized spacial score (nSPS) is 15.8. The monoisotopic (exact) mass is 868 g/mol. The molecule has 4 aliphatic rings. The van der Waals surface area contributed by atoms with Gasteiger partial charge in [0, 0.05) is 46.1 Å². The Morgan fingerprint density at radius 2 is 0.862 bits per heavy atom. The van der Waals surface area contributed by atoms with Crippen molar-refractivity contribution in [2.24, 2.45) is 0 Å². The first-order chi connectivity index (χ1) is 30.8. The van der Waals surface area contributed by atoms with E-state index in [1.807, 2.05) is 0 Å². The highest BCUT2D eigenvalue weighted by molar-refractivity contribution is 6.99. The SMILES string of the molecule is Cc1cc2c(c(C)c1N1c3cc(C(C)(C)C)cc4c3B(c3oc5ccc(C(C)(C)C)cc5c31)c1oc3ccc(C(C)(C)C)cc3c1N4c1c(C)cc3c(c1C)OCCCO3)OCCCO2. The summed E-state index contributed by atoms with van der Waals surface area (Å²) in [5, 5.41) is 2.13. The van der Waals surface area contributed by atoms with Crippen LogP contribution in [0.4, 0.5) is 34.1 Å². The summed E-state index contributed by atoms with van der Waals surface area (Å²) in [6.45, 7) is 31.4. The van der Waals surface area contributed by atoms with Crippen molar-refractivity contribution in [3.63, 3.8) is 0 Å². The van der Waals surface area contributed by atoms with Gasteiger partial charge in [-0.1, -0.05) is 74.4 Å². The van der Waals surface area contributed by atoms with Crippen LogP contribution in [0.1, 0.15) is 114 Å². The highest BCUT2D eigenvalue weighted by Gasteiger charge is 2.51. The molecule has 0 amide bonds. The van der Waals surface area contributed by atoms with Crippen LogP contribution in [0.2, 0.25) is 0 Å². The maximum Gasteiger partial charge on any atom is 0.342 e. The van der Waals surface area contributed by atoms with Gasteiger partial charge in [0.2, 0.25) is 0 Å². The third-order valence-corrected chi connectivity index (χ3v) is 14.2. The van der Waals surface area contributed by atoms with Crippen LogP contribution >= 0.6 is 0 Å². The first-order valence-corrected chi connectivity index (χ1v) is 23.5. The standard InChI is InChI=1S/C56H61BN2O6/c1-30-24-43-50(62-22-14-20-60-43)32(3)46(30)58-39-28-36(56(11,12)13)29-40-45(39)57(52-48(58)37-26-34(54(5,6)7)16-18-41(37)64-52)53-49(38-27-35(55(8,9)10)17-19-42(38)65-53)59(40)47-31(2)25-44-51(33(47)4)63-23-15-21-61-44/h16-19,24-29H,14-15,20-23H2,1-13H3. The second-order valence-corrected chi connectivity index (χ2v) is 21.9. The van der Waals surface area contributed by atoms with Crippen molar-refractivity contribution in [3.05, 3.63) is 99.6 Å². The van der Waals surface area contributed by atoms with Crippen LogP contribution in [-0.4, -0.2) is 33.1 Å². The van der Waals surface area contributed by atoms with E-state index in [1.54, 1.807) is 0 Å². The van der Waals surface area contributed by atoms with Crippen molar-refractivity contribution in [1.82, 2.24) is 0 Å². The summed E-state index contributed by atoms with van der Waals surface area (Å²) < 4.78 is 40.6. The summed E-state index contributed by atoms with van der Waals surface area (Å²) in [6, 6.07) is 22.7. The smallest absolute Gasteiger partial charge is 0.342 e. The Morgan fingerprint density at radius 3 is 1.26 bits per heavy atom. The van der Waals surface area contributed by atoms with E-state index in [-0.39, 0.29) is 23.0 Å². The van der Waals surface area contributed by atoms with E-state index in [9.17, 15) is 0 Å². The fourth-order valence-electron chi connectivity index (χ4n) is 10.7. The minimum Gasteiger partial charge on any atom is -0.490 e. The molecule has 6 heterocycles. The van der Waals surface area contributed by atoms with Crippen molar-refractivity contribution in [3.8, 4) is 23.0 Å². The maximum atomic E-state index is 7.36. The van der Waals surface area contributed by atoms with E-state index in [1.165, 1.54) is 16.7 Å². The fraction of sp³-hybridized carbons (Fsp3) is 0.393. The van der Waals surface area contributed by atoms with Crippen molar-refractivity contribution < 1.29 is 27.8 Å². The number of nitrogens with zero attached hydrogens (tertiary/aromatic N) is 2. The number of furan rings is 2. The van der Waals surface area contributed by atoms with Crippen LogP contribution in [0, 0.1) is 27.7 Å². The lowest BCUT2D eigenvalue weighted by Gasteiger charge is -2.43. The molecule has 334 valence electrons. The third-order valence-electron chi connectivity index (χ3n) is 14.2. The highest BCUT2D eigenvalue weighted by Crippen LogP contribution is 2.55. The summed E-state index contributed by atoms with van der Waals surface area (Å²) in [5.74, 6) is 3.18. The largest absolute Gasteiger partial charge is 0.490 e. The zero-order valence-electron chi connectivity index (χ0n) is 40.4. The molecule has 0 spiro atoms. The topological polar surface area (TPSA) is 69.7 Å². The molecular weight excluding hydrogens is 807 g/mol. The van der Waals surface area contributed by atoms with Gasteiger partial charge in [-0.15, -0.1) is 0 Å². The molecule has 11 rings (SSSR count). The number of benzene rings is 5. The second-order valence-electron chi connectivity index (χ2n) is 21.9. The van der Waals surface area contributed by atoms with Gasteiger partial charge < -0.3 is 37.6 Å². The van der Waals surface area contributed by atoms with Gasteiger partial charge in [0.25, 0.3) is 0 Å². The zero-order chi connectivity index (χ0) is 45.6. The predicted octanol–water partition coefficient (Wildman–Crippen LogP) is 12.7. The van der Waals surface area contributed by atoms with E-state index in [4.69, 9.17) is 27.8 Å². The lowest BCUT2D eigenvalue weighted by molar-refractivity contribution is 0.296. The lowest BCUT2D eigenvalue weighted by atomic mass is 9.37. The van der Waals surface area contributed by atoms with Crippen LogP contribution in [0.3, 0.4) is 0 Å². The van der Waals surface area contributed by atoms with Crippen molar-refractivity contribution >= 4 is 79.6 Å². The molecule has 65 heavy (non-hydrogen) atoms. The van der Waals surface area contributed by atoms with E-state index in [2.05, 4.69) is 160 Å². The summed E-state index contributed by atoms with van der Waals surface area (Å²) in [4.78, 5) is 4.99. The molecular formula is C56H61BN2O6. The molecule has 9 heteroatoms. The van der Waals surface area contributed by atoms with Crippen LogP contribution in [0.15, 0.2) is 69.5 Å². The van der Waals surface area contributed by atoms with E-state index in [0.717, 1.165) is 131 Å². The molecule has 4 aliphatic heterocycles. The average Bonchev–Trinajstić information content (AvgIpc) is 3.58. The molecule has 0 bridgehead atoms. The van der Waals surface area contributed by atoms with Crippen molar-refractivity contribution in [2.45, 2.75) is 119 Å². The number of hydrogen-bond donors (Lipinski definition) is 0. The molecule has 0 N–H and O–H groups in total. The van der Waals surface area contributed by atoms with Gasteiger partial charge in [-0.25, -0.2) is 0 Å². The Hall–Kier alpha value is -5.96. The van der Waals surface area contributed by atoms with Gasteiger partial charge in [0.15, 0.2) is 23.0 Å². The van der Waals surface area contributed by atoms with Gasteiger partial charge in [-0.2, -0.15) is 0 Å². The molecule has 0 aliphatic carbocycles. The van der Waals surface area contributed by atoms with Crippen molar-refractivity contribution in [1.29, 1.82) is 0 Å². The second kappa shape index (κ2) is 14.3. The molecule has 0 saturated heterocycles. The van der Waals surface area contributed by atoms with Crippen LogP contribution in [0.25, 0.3) is 21.9 Å². The van der Waals surface area contributed by atoms with E-state index in [0.29, 0.717) is 26.4 Å². The molecule has 0 fully saturated rings. The number of ether oxygens (including phenoxy) is 4. The van der Waals surface area contributed by atoms with E-state index < -0.39 is 0 Å². The Bertz CT molecular complexity index is 2940. The van der Waals surface area contributed by atoms with Crippen LogP contribution in [-0.2, 0) is 16.2 Å². The number of hydrogen-bond acceptors (Lipinski definition) is 8. The summed E-state index contributed by atoms with van der Waals surface area (Å²) in [6.07, 6.45) is 1.65. The fourth-order valence-corrected chi connectivity index (χ4v) is 10.7. The van der Waals surface area contributed by atoms with Gasteiger partial charge in [0.05, 0.1) is 49.2 Å². The third kappa shape index (κ3) is 6.31. The average molecular weight is 869 g/mol. The van der Waals surface area contributed by atoms with E-state index >= 15 is 0 Å². The van der Waals surface area contributed by atoms with Crippen LogP contribution in [0.5, 0.6) is 23.0 Å². The quantitative estimate of drug-likeness (QED) is 0.159. The molecule has 5 aromatic carbocycles. The minimum absolute atomic E-state index is 0.0935. The number of aryl methyl sites for hydroxylation is 2. The summed E-state index contributed by atoms with van der Waals surface area (Å²) in [5.41, 5.74) is 18.4.